The lowest BCUT2D eigenvalue weighted by atomic mass is 10.2. The van der Waals surface area contributed by atoms with Gasteiger partial charge in [0.05, 0.1) is 11.3 Å². The van der Waals surface area contributed by atoms with Gasteiger partial charge in [-0.2, -0.15) is 5.01 Å². The summed E-state index contributed by atoms with van der Waals surface area (Å²) in [4.78, 5) is 11.2. The summed E-state index contributed by atoms with van der Waals surface area (Å²) in [6, 6.07) is 27.8. The Morgan fingerprint density at radius 1 is 0.929 bits per heavy atom. The first-order chi connectivity index (χ1) is 13.2. The standard InChI is InChI=1S/C21H19N5O.ClH/c1-16(27)22-18-12-14-20(15-13-18)26-23-21(17-8-4-2-5-9-17)25(24-26)19-10-6-3-7-11-19;/h2-15,24H,1H3,(H,22,27);1H. The maximum atomic E-state index is 11.2. The number of hydrogen-bond donors (Lipinski definition) is 3. The summed E-state index contributed by atoms with van der Waals surface area (Å²) in [5, 5.41) is 10.3. The minimum absolute atomic E-state index is 0. The van der Waals surface area contributed by atoms with E-state index in [1.165, 1.54) is 6.92 Å². The molecule has 0 fully saturated rings. The number of hydrazine groups is 1. The summed E-state index contributed by atoms with van der Waals surface area (Å²) in [7, 11) is 0. The molecule has 1 atom stereocenters. The minimum Gasteiger partial charge on any atom is -1.00 e. The van der Waals surface area contributed by atoms with E-state index in [9.17, 15) is 4.79 Å². The number of nitrogens with one attached hydrogen (secondary N) is 3. The Balaban J connectivity index is 0.00000225. The van der Waals surface area contributed by atoms with Crippen molar-refractivity contribution in [2.75, 3.05) is 10.4 Å². The van der Waals surface area contributed by atoms with E-state index in [4.69, 9.17) is 5.10 Å². The number of carbonyl (C=O) groups is 1. The number of halogens is 1. The van der Waals surface area contributed by atoms with E-state index in [0.29, 0.717) is 0 Å². The van der Waals surface area contributed by atoms with E-state index in [1.807, 2.05) is 72.8 Å². The minimum atomic E-state index is -0.0915. The molecular weight excluding hydrogens is 374 g/mol. The molecule has 0 aliphatic carbocycles. The van der Waals surface area contributed by atoms with E-state index in [0.717, 1.165) is 33.5 Å². The van der Waals surface area contributed by atoms with Crippen LogP contribution in [0.5, 0.6) is 0 Å². The van der Waals surface area contributed by atoms with E-state index in [-0.39, 0.29) is 18.3 Å². The fraction of sp³-hybridized carbons (Fsp3) is 0.0476. The highest BCUT2D eigenvalue weighted by molar-refractivity contribution is 5.94. The summed E-state index contributed by atoms with van der Waals surface area (Å²) in [6.07, 6.45) is 0. The Bertz CT molecular complexity index is 961. The van der Waals surface area contributed by atoms with Crippen LogP contribution in [0.4, 0.5) is 17.1 Å². The summed E-state index contributed by atoms with van der Waals surface area (Å²) < 4.78 is 0. The highest BCUT2D eigenvalue weighted by Crippen LogP contribution is 2.19. The number of nitrogens with zero attached hydrogens (tertiary/aromatic N) is 2. The molecule has 7 heteroatoms. The average Bonchev–Trinajstić information content (AvgIpc) is 3.15. The van der Waals surface area contributed by atoms with Crippen LogP contribution in [0.1, 0.15) is 12.5 Å². The third-order valence-corrected chi connectivity index (χ3v) is 4.20. The molecule has 0 aromatic heterocycles. The summed E-state index contributed by atoms with van der Waals surface area (Å²) in [5.74, 6) is 0.791. The van der Waals surface area contributed by atoms with E-state index in [2.05, 4.69) is 23.0 Å². The number of amidine groups is 1. The van der Waals surface area contributed by atoms with Gasteiger partial charge in [0.25, 0.3) is 5.84 Å². The van der Waals surface area contributed by atoms with Gasteiger partial charge in [-0.15, -0.1) is 5.12 Å². The predicted molar refractivity (Wildman–Crippen MR) is 106 cm³/mol. The van der Waals surface area contributed by atoms with Crippen LogP contribution in [0, 0.1) is 0 Å². The lowest BCUT2D eigenvalue weighted by Crippen LogP contribution is -3.15. The largest absolute Gasteiger partial charge is 1.00 e. The maximum absolute atomic E-state index is 11.2. The zero-order valence-corrected chi connectivity index (χ0v) is 16.0. The molecule has 1 heterocycles. The molecule has 142 valence electrons. The fourth-order valence-electron chi connectivity index (χ4n) is 2.95. The van der Waals surface area contributed by atoms with E-state index < -0.39 is 0 Å². The summed E-state index contributed by atoms with van der Waals surface area (Å²) in [6.45, 7) is 1.49. The number of rotatable bonds is 4. The third kappa shape index (κ3) is 4.20. The smallest absolute Gasteiger partial charge is 0.278 e. The van der Waals surface area contributed by atoms with Crippen LogP contribution in [0.25, 0.3) is 0 Å². The lowest BCUT2D eigenvalue weighted by Gasteiger charge is -2.16. The zero-order valence-electron chi connectivity index (χ0n) is 15.3. The van der Waals surface area contributed by atoms with Gasteiger partial charge in [-0.25, -0.2) is 0 Å². The van der Waals surface area contributed by atoms with E-state index >= 15 is 0 Å². The number of para-hydroxylation sites is 1. The van der Waals surface area contributed by atoms with Gasteiger partial charge in [0.2, 0.25) is 5.91 Å². The van der Waals surface area contributed by atoms with Crippen LogP contribution in [-0.2, 0) is 4.79 Å². The van der Waals surface area contributed by atoms with Crippen molar-refractivity contribution in [3.05, 3.63) is 90.5 Å². The van der Waals surface area contributed by atoms with Gasteiger partial charge in [-0.1, -0.05) is 41.5 Å². The molecule has 0 bridgehead atoms. The van der Waals surface area contributed by atoms with Crippen molar-refractivity contribution in [2.24, 2.45) is 5.10 Å². The lowest BCUT2D eigenvalue weighted by molar-refractivity contribution is -0.779. The third-order valence-electron chi connectivity index (χ3n) is 4.20. The molecule has 28 heavy (non-hydrogen) atoms. The summed E-state index contributed by atoms with van der Waals surface area (Å²) in [5.41, 5.74) is 7.13. The highest BCUT2D eigenvalue weighted by Gasteiger charge is 2.32. The second-order valence-electron chi connectivity index (χ2n) is 6.21. The number of benzene rings is 3. The number of carbonyl (C=O) groups excluding carboxylic acids is 1. The van der Waals surface area contributed by atoms with Crippen LogP contribution >= 0.6 is 0 Å². The van der Waals surface area contributed by atoms with Gasteiger partial charge in [0.15, 0.2) is 5.69 Å². The monoisotopic (exact) mass is 393 g/mol. The van der Waals surface area contributed by atoms with Crippen LogP contribution in [0.15, 0.2) is 90.0 Å². The van der Waals surface area contributed by atoms with Crippen molar-refractivity contribution in [1.29, 1.82) is 0 Å². The molecule has 3 N–H and O–H groups in total. The quantitative estimate of drug-likeness (QED) is 0.558. The Kier molecular flexibility index (Phi) is 6.06. The molecule has 1 amide bonds. The Morgan fingerprint density at radius 2 is 1.54 bits per heavy atom. The SMILES string of the molecule is CC(=O)Nc1ccc(N2N=C(c3ccccc3)[NH+](c3ccccc3)N2)cc1.[Cl-]. The van der Waals surface area contributed by atoms with Crippen molar-refractivity contribution in [2.45, 2.75) is 6.92 Å². The second kappa shape index (κ2) is 8.67. The molecular formula is C21H20ClN5O. The molecule has 0 radical (unpaired) electrons. The molecule has 3 aromatic carbocycles. The van der Waals surface area contributed by atoms with Crippen LogP contribution < -0.4 is 33.4 Å². The first-order valence-corrected chi connectivity index (χ1v) is 8.72. The van der Waals surface area contributed by atoms with Crippen molar-refractivity contribution >= 4 is 28.8 Å². The fourth-order valence-corrected chi connectivity index (χ4v) is 2.95. The first kappa shape index (κ1) is 19.6. The van der Waals surface area contributed by atoms with Crippen molar-refractivity contribution in [3.8, 4) is 0 Å². The van der Waals surface area contributed by atoms with Crippen LogP contribution in [-0.4, -0.2) is 11.7 Å². The average molecular weight is 394 g/mol. The van der Waals surface area contributed by atoms with Crippen molar-refractivity contribution in [3.63, 3.8) is 0 Å². The molecule has 3 aromatic rings. The van der Waals surface area contributed by atoms with Gasteiger partial charge in [0.1, 0.15) is 0 Å². The normalized spacial score (nSPS) is 15.5. The number of quaternary nitrogens is 1. The predicted octanol–water partition coefficient (Wildman–Crippen LogP) is -0.533. The van der Waals surface area contributed by atoms with Crippen LogP contribution in [0.2, 0.25) is 0 Å². The molecule has 4 rings (SSSR count). The Morgan fingerprint density at radius 3 is 2.14 bits per heavy atom. The van der Waals surface area contributed by atoms with E-state index in [1.54, 1.807) is 5.12 Å². The molecule has 1 aliphatic rings. The number of hydrazone groups is 1. The van der Waals surface area contributed by atoms with Crippen molar-refractivity contribution in [1.82, 2.24) is 5.53 Å². The Labute approximate surface area is 169 Å². The van der Waals surface area contributed by atoms with Crippen LogP contribution in [0.3, 0.4) is 0 Å². The molecule has 1 aliphatic heterocycles. The number of hydrogen-bond acceptors (Lipinski definition) is 4. The number of amides is 1. The van der Waals surface area contributed by atoms with Gasteiger partial charge < -0.3 is 17.7 Å². The first-order valence-electron chi connectivity index (χ1n) is 8.72. The summed E-state index contributed by atoms with van der Waals surface area (Å²) >= 11 is 0. The molecule has 6 nitrogen and oxygen atoms in total. The van der Waals surface area contributed by atoms with Gasteiger partial charge in [0, 0.05) is 24.7 Å². The maximum Gasteiger partial charge on any atom is 0.278 e. The zero-order chi connectivity index (χ0) is 18.6. The Hall–Kier alpha value is -3.19. The highest BCUT2D eigenvalue weighted by atomic mass is 35.5. The van der Waals surface area contributed by atoms with Gasteiger partial charge in [-0.05, 0) is 41.9 Å². The topological polar surface area (TPSA) is 61.2 Å². The van der Waals surface area contributed by atoms with Gasteiger partial charge >= 0.3 is 0 Å². The molecule has 1 unspecified atom stereocenters. The number of anilines is 2. The molecule has 0 saturated heterocycles. The van der Waals surface area contributed by atoms with Crippen molar-refractivity contribution < 1.29 is 22.2 Å². The molecule has 0 saturated carbocycles. The molecule has 0 spiro atoms. The van der Waals surface area contributed by atoms with Gasteiger partial charge in [-0.3, -0.25) is 4.79 Å². The second-order valence-corrected chi connectivity index (χ2v) is 6.21.